The lowest BCUT2D eigenvalue weighted by molar-refractivity contribution is -0.274. The lowest BCUT2D eigenvalue weighted by Crippen LogP contribution is -2.17. The van der Waals surface area contributed by atoms with Gasteiger partial charge in [-0.2, -0.15) is 5.26 Å². The molecule has 0 spiro atoms. The van der Waals surface area contributed by atoms with Crippen LogP contribution in [0.4, 0.5) is 30.4 Å². The quantitative estimate of drug-likeness (QED) is 0.908. The van der Waals surface area contributed by atoms with Gasteiger partial charge in [-0.05, 0) is 30.3 Å². The Labute approximate surface area is 117 Å². The van der Waals surface area contributed by atoms with Gasteiger partial charge in [0.05, 0.1) is 11.3 Å². The van der Waals surface area contributed by atoms with E-state index in [0.29, 0.717) is 5.69 Å². The number of halogens is 3. The van der Waals surface area contributed by atoms with Crippen LogP contribution in [0.3, 0.4) is 0 Å². The highest BCUT2D eigenvalue weighted by Gasteiger charge is 2.30. The molecule has 0 unspecified atom stereocenters. The first-order chi connectivity index (χ1) is 9.89. The van der Waals surface area contributed by atoms with Crippen molar-refractivity contribution in [3.63, 3.8) is 0 Å². The van der Waals surface area contributed by atoms with Crippen molar-refractivity contribution in [3.8, 4) is 11.8 Å². The number of nitrogens with zero attached hydrogens (tertiary/aromatic N) is 2. The number of aromatic nitrogens is 1. The van der Waals surface area contributed by atoms with Crippen molar-refractivity contribution in [2.24, 2.45) is 0 Å². The molecular formula is C13H9F3N4O. The number of alkyl halides is 3. The Balaban J connectivity index is 2.16. The van der Waals surface area contributed by atoms with Gasteiger partial charge in [-0.1, -0.05) is 0 Å². The Hall–Kier alpha value is -2.95. The fourth-order valence-electron chi connectivity index (χ4n) is 1.55. The second-order valence-electron chi connectivity index (χ2n) is 3.93. The van der Waals surface area contributed by atoms with Gasteiger partial charge in [-0.25, -0.2) is 4.98 Å². The minimum atomic E-state index is -4.73. The first-order valence-corrected chi connectivity index (χ1v) is 5.66. The Morgan fingerprint density at radius 2 is 1.86 bits per heavy atom. The zero-order valence-corrected chi connectivity index (χ0v) is 10.5. The predicted octanol–water partition coefficient (Wildman–Crippen LogP) is 3.18. The molecular weight excluding hydrogens is 285 g/mol. The average molecular weight is 294 g/mol. The van der Waals surface area contributed by atoms with Crippen LogP contribution in [-0.4, -0.2) is 11.3 Å². The predicted molar refractivity (Wildman–Crippen MR) is 69.8 cm³/mol. The van der Waals surface area contributed by atoms with Gasteiger partial charge in [0.25, 0.3) is 0 Å². The molecule has 0 atom stereocenters. The fraction of sp³-hybridized carbons (Fsp3) is 0.0769. The smallest absolute Gasteiger partial charge is 0.406 e. The third-order valence-corrected chi connectivity index (χ3v) is 2.46. The summed E-state index contributed by atoms with van der Waals surface area (Å²) in [6, 6.07) is 8.42. The zero-order valence-electron chi connectivity index (χ0n) is 10.5. The molecule has 0 aliphatic carbocycles. The van der Waals surface area contributed by atoms with Gasteiger partial charge in [0.2, 0.25) is 0 Å². The van der Waals surface area contributed by atoms with E-state index in [0.717, 1.165) is 12.1 Å². The Morgan fingerprint density at radius 3 is 2.43 bits per heavy atom. The van der Waals surface area contributed by atoms with Crippen LogP contribution in [0.1, 0.15) is 5.56 Å². The van der Waals surface area contributed by atoms with Crippen molar-refractivity contribution < 1.29 is 17.9 Å². The standard InChI is InChI=1S/C13H9F3N4O/c14-13(15,16)21-10-3-1-9(2-4-10)20-12-11(18)8(7-17)5-6-19-12/h1-6H,18H2,(H,19,20). The topological polar surface area (TPSA) is 84.0 Å². The summed E-state index contributed by atoms with van der Waals surface area (Å²) in [6.45, 7) is 0. The van der Waals surface area contributed by atoms with Crippen LogP contribution < -0.4 is 15.8 Å². The van der Waals surface area contributed by atoms with Gasteiger partial charge in [0.15, 0.2) is 5.82 Å². The lowest BCUT2D eigenvalue weighted by atomic mass is 10.2. The summed E-state index contributed by atoms with van der Waals surface area (Å²) in [6.07, 6.45) is -3.33. The molecule has 0 bridgehead atoms. The van der Waals surface area contributed by atoms with E-state index in [9.17, 15) is 13.2 Å². The molecule has 0 radical (unpaired) electrons. The number of nitrogens with two attached hydrogens (primary N) is 1. The van der Waals surface area contributed by atoms with Crippen LogP contribution in [0, 0.1) is 11.3 Å². The molecule has 5 nitrogen and oxygen atoms in total. The molecule has 2 aromatic rings. The fourth-order valence-corrected chi connectivity index (χ4v) is 1.55. The first-order valence-electron chi connectivity index (χ1n) is 5.66. The normalized spacial score (nSPS) is 10.8. The molecule has 3 N–H and O–H groups in total. The largest absolute Gasteiger partial charge is 0.573 e. The summed E-state index contributed by atoms with van der Waals surface area (Å²) in [4.78, 5) is 3.97. The number of hydrogen-bond acceptors (Lipinski definition) is 5. The number of rotatable bonds is 3. The molecule has 21 heavy (non-hydrogen) atoms. The number of hydrogen-bond donors (Lipinski definition) is 2. The van der Waals surface area contributed by atoms with Crippen LogP contribution in [-0.2, 0) is 0 Å². The van der Waals surface area contributed by atoms with Crippen LogP contribution in [0.2, 0.25) is 0 Å². The van der Waals surface area contributed by atoms with Gasteiger partial charge >= 0.3 is 6.36 Å². The third kappa shape index (κ3) is 3.76. The molecule has 0 saturated carbocycles. The number of pyridine rings is 1. The van der Waals surface area contributed by atoms with E-state index in [-0.39, 0.29) is 22.8 Å². The van der Waals surface area contributed by atoms with E-state index in [2.05, 4.69) is 15.0 Å². The van der Waals surface area contributed by atoms with Crippen molar-refractivity contribution in [1.82, 2.24) is 4.98 Å². The van der Waals surface area contributed by atoms with E-state index in [4.69, 9.17) is 11.0 Å². The summed E-state index contributed by atoms with van der Waals surface area (Å²) < 4.78 is 39.8. The molecule has 0 aliphatic heterocycles. The summed E-state index contributed by atoms with van der Waals surface area (Å²) in [7, 11) is 0. The summed E-state index contributed by atoms with van der Waals surface area (Å²) in [5, 5.41) is 11.7. The third-order valence-electron chi connectivity index (χ3n) is 2.46. The van der Waals surface area contributed by atoms with Crippen molar-refractivity contribution in [2.75, 3.05) is 11.1 Å². The first kappa shape index (κ1) is 14.5. The number of nitrogen functional groups attached to an aromatic ring is 1. The van der Waals surface area contributed by atoms with E-state index < -0.39 is 6.36 Å². The maximum absolute atomic E-state index is 12.0. The molecule has 0 fully saturated rings. The number of benzene rings is 1. The monoisotopic (exact) mass is 294 g/mol. The molecule has 1 heterocycles. The molecule has 8 heteroatoms. The molecule has 0 saturated heterocycles. The Kier molecular flexibility index (Phi) is 3.84. The van der Waals surface area contributed by atoms with Crippen molar-refractivity contribution >= 4 is 17.2 Å². The maximum atomic E-state index is 12.0. The summed E-state index contributed by atoms with van der Waals surface area (Å²) in [5.41, 5.74) is 6.61. The van der Waals surface area contributed by atoms with E-state index >= 15 is 0 Å². The van der Waals surface area contributed by atoms with Gasteiger partial charge in [0, 0.05) is 11.9 Å². The summed E-state index contributed by atoms with van der Waals surface area (Å²) in [5.74, 6) is -0.0849. The molecule has 1 aromatic carbocycles. The second kappa shape index (κ2) is 5.58. The van der Waals surface area contributed by atoms with Crippen LogP contribution in [0.5, 0.6) is 5.75 Å². The highest BCUT2D eigenvalue weighted by molar-refractivity contribution is 5.73. The summed E-state index contributed by atoms with van der Waals surface area (Å²) >= 11 is 0. The van der Waals surface area contributed by atoms with Crippen molar-refractivity contribution in [3.05, 3.63) is 42.1 Å². The van der Waals surface area contributed by atoms with Crippen LogP contribution in [0.15, 0.2) is 36.5 Å². The Morgan fingerprint density at radius 1 is 1.19 bits per heavy atom. The number of nitrogens with one attached hydrogen (secondary N) is 1. The Bertz CT molecular complexity index is 677. The maximum Gasteiger partial charge on any atom is 0.573 e. The minimum Gasteiger partial charge on any atom is -0.406 e. The SMILES string of the molecule is N#Cc1ccnc(Nc2ccc(OC(F)(F)F)cc2)c1N. The highest BCUT2D eigenvalue weighted by Crippen LogP contribution is 2.27. The van der Waals surface area contributed by atoms with E-state index in [1.54, 1.807) is 0 Å². The molecule has 0 amide bonds. The van der Waals surface area contributed by atoms with Gasteiger partial charge in [0.1, 0.15) is 11.8 Å². The van der Waals surface area contributed by atoms with E-state index in [1.807, 2.05) is 6.07 Å². The molecule has 1 aromatic heterocycles. The van der Waals surface area contributed by atoms with Gasteiger partial charge in [-0.15, -0.1) is 13.2 Å². The molecule has 0 aliphatic rings. The zero-order chi connectivity index (χ0) is 15.5. The van der Waals surface area contributed by atoms with Gasteiger partial charge in [-0.3, -0.25) is 0 Å². The average Bonchev–Trinajstić information content (AvgIpc) is 2.42. The van der Waals surface area contributed by atoms with Gasteiger partial charge < -0.3 is 15.8 Å². The molecule has 108 valence electrons. The number of anilines is 3. The van der Waals surface area contributed by atoms with Crippen LogP contribution >= 0.6 is 0 Å². The minimum absolute atomic E-state index is 0.163. The lowest BCUT2D eigenvalue weighted by Gasteiger charge is -2.11. The highest BCUT2D eigenvalue weighted by atomic mass is 19.4. The second-order valence-corrected chi connectivity index (χ2v) is 3.93. The number of ether oxygens (including phenoxy) is 1. The van der Waals surface area contributed by atoms with Crippen molar-refractivity contribution in [1.29, 1.82) is 5.26 Å². The van der Waals surface area contributed by atoms with Crippen molar-refractivity contribution in [2.45, 2.75) is 6.36 Å². The number of nitriles is 1. The van der Waals surface area contributed by atoms with E-state index in [1.165, 1.54) is 24.4 Å². The van der Waals surface area contributed by atoms with Crippen LogP contribution in [0.25, 0.3) is 0 Å². The molecule has 2 rings (SSSR count).